The van der Waals surface area contributed by atoms with E-state index in [1.54, 1.807) is 0 Å². The molecule has 1 unspecified atom stereocenters. The molecular formula is C13H21NO. The maximum Gasteiger partial charge on any atom is 0.125 e. The molecule has 0 spiro atoms. The van der Waals surface area contributed by atoms with Gasteiger partial charge < -0.3 is 10.5 Å². The molecule has 0 aromatic heterocycles. The first-order chi connectivity index (χ1) is 7.08. The van der Waals surface area contributed by atoms with E-state index in [9.17, 15) is 0 Å². The minimum atomic E-state index is 0.130. The Morgan fingerprint density at radius 1 is 1.20 bits per heavy atom. The Morgan fingerprint density at radius 3 is 2.13 bits per heavy atom. The van der Waals surface area contributed by atoms with Gasteiger partial charge in [-0.15, -0.1) is 0 Å². The second-order valence-corrected chi connectivity index (χ2v) is 4.11. The highest BCUT2D eigenvalue weighted by Gasteiger charge is 2.10. The van der Waals surface area contributed by atoms with E-state index in [1.807, 2.05) is 0 Å². The van der Waals surface area contributed by atoms with Gasteiger partial charge in [-0.1, -0.05) is 24.6 Å². The minimum Gasteiger partial charge on any atom is -0.489 e. The number of ether oxygens (including phenoxy) is 1. The first kappa shape index (κ1) is 12.1. The second kappa shape index (κ2) is 5.17. The Balaban J connectivity index is 2.94. The van der Waals surface area contributed by atoms with Gasteiger partial charge in [0.1, 0.15) is 11.9 Å². The van der Waals surface area contributed by atoms with Gasteiger partial charge in [-0.25, -0.2) is 0 Å². The molecule has 2 N–H and O–H groups in total. The quantitative estimate of drug-likeness (QED) is 0.824. The van der Waals surface area contributed by atoms with Gasteiger partial charge in [0, 0.05) is 6.54 Å². The number of aryl methyl sites for hydroxylation is 3. The van der Waals surface area contributed by atoms with Crippen LogP contribution in [0.4, 0.5) is 0 Å². The summed E-state index contributed by atoms with van der Waals surface area (Å²) in [4.78, 5) is 0. The molecule has 0 amide bonds. The predicted octanol–water partition coefficient (Wildman–Crippen LogP) is 2.73. The van der Waals surface area contributed by atoms with E-state index < -0.39 is 0 Å². The zero-order valence-corrected chi connectivity index (χ0v) is 10.1. The molecule has 0 aliphatic rings. The summed E-state index contributed by atoms with van der Waals surface area (Å²) in [7, 11) is 0. The molecule has 84 valence electrons. The molecule has 0 radical (unpaired) electrons. The van der Waals surface area contributed by atoms with Crippen LogP contribution in [0.2, 0.25) is 0 Å². The minimum absolute atomic E-state index is 0.130. The third-order valence-corrected chi connectivity index (χ3v) is 2.61. The average molecular weight is 207 g/mol. The monoisotopic (exact) mass is 207 g/mol. The van der Waals surface area contributed by atoms with Gasteiger partial charge in [-0.05, 0) is 38.3 Å². The molecule has 0 heterocycles. The summed E-state index contributed by atoms with van der Waals surface area (Å²) >= 11 is 0. The van der Waals surface area contributed by atoms with E-state index in [0.717, 1.165) is 12.2 Å². The highest BCUT2D eigenvalue weighted by atomic mass is 16.5. The van der Waals surface area contributed by atoms with Crippen LogP contribution in [-0.2, 0) is 0 Å². The molecule has 0 aliphatic heterocycles. The van der Waals surface area contributed by atoms with Gasteiger partial charge in [0.15, 0.2) is 0 Å². The van der Waals surface area contributed by atoms with Crippen molar-refractivity contribution in [1.29, 1.82) is 0 Å². The van der Waals surface area contributed by atoms with Crippen LogP contribution in [0.5, 0.6) is 5.75 Å². The van der Waals surface area contributed by atoms with E-state index in [1.165, 1.54) is 16.7 Å². The lowest BCUT2D eigenvalue weighted by atomic mass is 10.1. The van der Waals surface area contributed by atoms with Crippen molar-refractivity contribution < 1.29 is 4.74 Å². The molecule has 1 rings (SSSR count). The number of nitrogens with two attached hydrogens (primary N) is 1. The molecule has 1 aromatic rings. The Kier molecular flexibility index (Phi) is 4.15. The first-order valence-electron chi connectivity index (χ1n) is 5.53. The molecule has 0 bridgehead atoms. The van der Waals surface area contributed by atoms with Crippen LogP contribution in [0.25, 0.3) is 0 Å². The van der Waals surface area contributed by atoms with Crippen LogP contribution in [0.1, 0.15) is 30.0 Å². The third kappa shape index (κ3) is 2.96. The van der Waals surface area contributed by atoms with E-state index >= 15 is 0 Å². The van der Waals surface area contributed by atoms with Gasteiger partial charge >= 0.3 is 0 Å². The van der Waals surface area contributed by atoms with Crippen molar-refractivity contribution in [2.45, 2.75) is 40.2 Å². The summed E-state index contributed by atoms with van der Waals surface area (Å²) in [6.07, 6.45) is 1.08. The maximum absolute atomic E-state index is 5.90. The summed E-state index contributed by atoms with van der Waals surface area (Å²) in [5.74, 6) is 0.998. The summed E-state index contributed by atoms with van der Waals surface area (Å²) in [6.45, 7) is 8.93. The van der Waals surface area contributed by atoms with Gasteiger partial charge in [0.2, 0.25) is 0 Å². The Morgan fingerprint density at radius 2 is 1.73 bits per heavy atom. The van der Waals surface area contributed by atoms with Gasteiger partial charge in [0.25, 0.3) is 0 Å². The van der Waals surface area contributed by atoms with Crippen LogP contribution >= 0.6 is 0 Å². The molecule has 0 saturated heterocycles. The zero-order chi connectivity index (χ0) is 11.4. The zero-order valence-electron chi connectivity index (χ0n) is 10.1. The molecule has 2 heteroatoms. The fraction of sp³-hybridized carbons (Fsp3) is 0.538. The Bertz CT molecular complexity index is 306. The van der Waals surface area contributed by atoms with Crippen LogP contribution in [0, 0.1) is 20.8 Å². The normalized spacial score (nSPS) is 12.6. The number of hydrogen-bond acceptors (Lipinski definition) is 2. The standard InChI is InChI=1S/C13H21NO/c1-5-12(8-14)15-13-10(3)6-9(2)7-11(13)4/h6-7,12H,5,8,14H2,1-4H3. The maximum atomic E-state index is 5.90. The molecule has 15 heavy (non-hydrogen) atoms. The van der Waals surface area contributed by atoms with E-state index in [-0.39, 0.29) is 6.10 Å². The molecule has 0 fully saturated rings. The molecule has 0 aliphatic carbocycles. The van der Waals surface area contributed by atoms with Crippen molar-refractivity contribution in [3.8, 4) is 5.75 Å². The van der Waals surface area contributed by atoms with Crippen LogP contribution < -0.4 is 10.5 Å². The van der Waals surface area contributed by atoms with Crippen molar-refractivity contribution in [3.05, 3.63) is 28.8 Å². The van der Waals surface area contributed by atoms with Crippen molar-refractivity contribution in [3.63, 3.8) is 0 Å². The fourth-order valence-electron chi connectivity index (χ4n) is 1.82. The number of benzene rings is 1. The average Bonchev–Trinajstić information content (AvgIpc) is 2.17. The lowest BCUT2D eigenvalue weighted by molar-refractivity contribution is 0.202. The summed E-state index contributed by atoms with van der Waals surface area (Å²) < 4.78 is 5.90. The van der Waals surface area contributed by atoms with Crippen molar-refractivity contribution >= 4 is 0 Å². The van der Waals surface area contributed by atoms with Crippen LogP contribution in [0.3, 0.4) is 0 Å². The topological polar surface area (TPSA) is 35.2 Å². The third-order valence-electron chi connectivity index (χ3n) is 2.61. The van der Waals surface area contributed by atoms with E-state index in [2.05, 4.69) is 39.8 Å². The van der Waals surface area contributed by atoms with E-state index in [4.69, 9.17) is 10.5 Å². The smallest absolute Gasteiger partial charge is 0.125 e. The molecule has 1 aromatic carbocycles. The highest BCUT2D eigenvalue weighted by Crippen LogP contribution is 2.25. The largest absolute Gasteiger partial charge is 0.489 e. The predicted molar refractivity (Wildman–Crippen MR) is 64.4 cm³/mol. The summed E-state index contributed by atoms with van der Waals surface area (Å²) in [5.41, 5.74) is 9.30. The Labute approximate surface area is 92.4 Å². The second-order valence-electron chi connectivity index (χ2n) is 4.11. The van der Waals surface area contributed by atoms with Gasteiger partial charge in [0.05, 0.1) is 0 Å². The molecule has 0 saturated carbocycles. The summed E-state index contributed by atoms with van der Waals surface area (Å²) in [5, 5.41) is 0. The number of hydrogen-bond donors (Lipinski definition) is 1. The van der Waals surface area contributed by atoms with Crippen molar-refractivity contribution in [1.82, 2.24) is 0 Å². The molecular weight excluding hydrogens is 186 g/mol. The van der Waals surface area contributed by atoms with Crippen molar-refractivity contribution in [2.24, 2.45) is 5.73 Å². The molecule has 2 nitrogen and oxygen atoms in total. The van der Waals surface area contributed by atoms with Crippen LogP contribution in [0.15, 0.2) is 12.1 Å². The van der Waals surface area contributed by atoms with Crippen LogP contribution in [-0.4, -0.2) is 12.6 Å². The SMILES string of the molecule is CCC(CN)Oc1c(C)cc(C)cc1C. The first-order valence-corrected chi connectivity index (χ1v) is 5.53. The summed E-state index contributed by atoms with van der Waals surface area (Å²) in [6, 6.07) is 4.29. The Hall–Kier alpha value is -1.02. The lowest BCUT2D eigenvalue weighted by Crippen LogP contribution is -2.26. The van der Waals surface area contributed by atoms with Gasteiger partial charge in [-0.2, -0.15) is 0 Å². The number of rotatable bonds is 4. The highest BCUT2D eigenvalue weighted by molar-refractivity contribution is 5.43. The van der Waals surface area contributed by atoms with Gasteiger partial charge in [-0.3, -0.25) is 0 Å². The fourth-order valence-corrected chi connectivity index (χ4v) is 1.82. The molecule has 1 atom stereocenters. The van der Waals surface area contributed by atoms with E-state index in [0.29, 0.717) is 6.54 Å². The lowest BCUT2D eigenvalue weighted by Gasteiger charge is -2.19. The van der Waals surface area contributed by atoms with Crippen molar-refractivity contribution in [2.75, 3.05) is 6.54 Å².